The molecular formula is C12H18N4O3. The molecule has 0 saturated heterocycles. The largest absolute Gasteiger partial charge is 0.482 e. The number of aryl methyl sites for hydroxylation is 1. The molecule has 0 saturated carbocycles. The lowest BCUT2D eigenvalue weighted by Crippen LogP contribution is -2.38. The monoisotopic (exact) mass is 266 g/mol. The number of hydrogen-bond acceptors (Lipinski definition) is 5. The van der Waals surface area contributed by atoms with Gasteiger partial charge in [-0.15, -0.1) is 0 Å². The molecular weight excluding hydrogens is 248 g/mol. The van der Waals surface area contributed by atoms with E-state index in [0.29, 0.717) is 18.0 Å². The predicted molar refractivity (Wildman–Crippen MR) is 69.6 cm³/mol. The van der Waals surface area contributed by atoms with Crippen LogP contribution in [0, 0.1) is 6.92 Å². The van der Waals surface area contributed by atoms with E-state index < -0.39 is 11.9 Å². The zero-order chi connectivity index (χ0) is 14.3. The molecule has 0 aliphatic rings. The topological polar surface area (TPSA) is 106 Å². The maximum absolute atomic E-state index is 11.2. The van der Waals surface area contributed by atoms with Gasteiger partial charge in [0.1, 0.15) is 5.75 Å². The Morgan fingerprint density at radius 3 is 2.79 bits per heavy atom. The average Bonchev–Trinajstić information content (AvgIpc) is 2.34. The van der Waals surface area contributed by atoms with Gasteiger partial charge >= 0.3 is 6.03 Å². The van der Waals surface area contributed by atoms with Crippen molar-refractivity contribution in [1.29, 1.82) is 0 Å². The molecule has 7 heteroatoms. The Labute approximate surface area is 111 Å². The summed E-state index contributed by atoms with van der Waals surface area (Å²) in [5.74, 6) is -0.0892. The third-order valence-corrected chi connectivity index (χ3v) is 2.24. The number of nitrogens with two attached hydrogens (primary N) is 1. The number of urea groups is 1. The van der Waals surface area contributed by atoms with Crippen molar-refractivity contribution in [2.45, 2.75) is 20.4 Å². The average molecular weight is 266 g/mol. The van der Waals surface area contributed by atoms with E-state index in [1.165, 1.54) is 0 Å². The summed E-state index contributed by atoms with van der Waals surface area (Å²) >= 11 is 0. The first-order valence-corrected chi connectivity index (χ1v) is 5.92. The zero-order valence-electron chi connectivity index (χ0n) is 11.0. The molecule has 0 aliphatic carbocycles. The highest BCUT2D eigenvalue weighted by Gasteiger charge is 2.09. The molecule has 7 nitrogen and oxygen atoms in total. The number of carbonyl (C=O) groups is 2. The molecule has 0 unspecified atom stereocenters. The van der Waals surface area contributed by atoms with Crippen LogP contribution in [0.1, 0.15) is 18.3 Å². The number of nitrogens with zero attached hydrogens (tertiary/aromatic N) is 1. The van der Waals surface area contributed by atoms with Crippen molar-refractivity contribution in [1.82, 2.24) is 15.6 Å². The summed E-state index contributed by atoms with van der Waals surface area (Å²) in [4.78, 5) is 26.1. The second-order valence-corrected chi connectivity index (χ2v) is 3.88. The Morgan fingerprint density at radius 1 is 1.42 bits per heavy atom. The van der Waals surface area contributed by atoms with Gasteiger partial charge in [-0.05, 0) is 25.6 Å². The Morgan fingerprint density at radius 2 is 2.16 bits per heavy atom. The fourth-order valence-electron chi connectivity index (χ4n) is 1.42. The van der Waals surface area contributed by atoms with E-state index >= 15 is 0 Å². The molecule has 1 rings (SSSR count). The third kappa shape index (κ3) is 5.35. The minimum Gasteiger partial charge on any atom is -0.482 e. The van der Waals surface area contributed by atoms with Gasteiger partial charge in [0.2, 0.25) is 0 Å². The minimum atomic E-state index is -0.900. The highest BCUT2D eigenvalue weighted by molar-refractivity contribution is 5.94. The van der Waals surface area contributed by atoms with Crippen molar-refractivity contribution >= 4 is 11.9 Å². The smallest absolute Gasteiger partial charge is 0.318 e. The van der Waals surface area contributed by atoms with Gasteiger partial charge in [-0.3, -0.25) is 15.1 Å². The van der Waals surface area contributed by atoms with Crippen LogP contribution in [-0.4, -0.2) is 30.1 Å². The van der Waals surface area contributed by atoms with Crippen LogP contribution >= 0.6 is 0 Å². The summed E-state index contributed by atoms with van der Waals surface area (Å²) < 4.78 is 5.33. The van der Waals surface area contributed by atoms with Crippen molar-refractivity contribution < 1.29 is 14.3 Å². The molecule has 0 aliphatic heterocycles. The number of primary amides is 1. The van der Waals surface area contributed by atoms with Gasteiger partial charge in [0.25, 0.3) is 5.91 Å². The zero-order valence-corrected chi connectivity index (χ0v) is 11.0. The van der Waals surface area contributed by atoms with E-state index in [1.807, 2.05) is 19.2 Å². The molecule has 0 bridgehead atoms. The van der Waals surface area contributed by atoms with Crippen LogP contribution in [0.4, 0.5) is 4.79 Å². The maximum Gasteiger partial charge on any atom is 0.318 e. The van der Waals surface area contributed by atoms with Gasteiger partial charge in [-0.2, -0.15) is 0 Å². The van der Waals surface area contributed by atoms with Crippen LogP contribution in [0.15, 0.2) is 12.1 Å². The van der Waals surface area contributed by atoms with E-state index in [1.54, 1.807) is 12.1 Å². The summed E-state index contributed by atoms with van der Waals surface area (Å²) in [5.41, 5.74) is 6.41. The second kappa shape index (κ2) is 7.32. The lowest BCUT2D eigenvalue weighted by Gasteiger charge is -2.11. The Balaban J connectivity index is 2.66. The molecule has 1 aromatic heterocycles. The summed E-state index contributed by atoms with van der Waals surface area (Å²) in [6.07, 6.45) is 0. The van der Waals surface area contributed by atoms with Crippen molar-refractivity contribution in [2.75, 3.05) is 13.2 Å². The van der Waals surface area contributed by atoms with Crippen LogP contribution in [0.2, 0.25) is 0 Å². The maximum atomic E-state index is 11.2. The van der Waals surface area contributed by atoms with E-state index in [-0.39, 0.29) is 6.61 Å². The Bertz CT molecular complexity index is 462. The molecule has 0 atom stereocenters. The minimum absolute atomic E-state index is 0.285. The standard InChI is InChI=1S/C12H18N4O3/c1-3-14-6-9-10(5-4-8(2)15-9)19-7-11(17)16-12(13)18/h4-5,14H,3,6-7H2,1-2H3,(H3,13,16,17,18). The van der Waals surface area contributed by atoms with Crippen molar-refractivity contribution in [3.05, 3.63) is 23.5 Å². The van der Waals surface area contributed by atoms with Gasteiger partial charge in [0, 0.05) is 12.2 Å². The number of aromatic nitrogens is 1. The number of imide groups is 1. The fourth-order valence-corrected chi connectivity index (χ4v) is 1.42. The van der Waals surface area contributed by atoms with Crippen LogP contribution in [0.3, 0.4) is 0 Å². The summed E-state index contributed by atoms with van der Waals surface area (Å²) in [6.45, 7) is 4.92. The lowest BCUT2D eigenvalue weighted by atomic mass is 10.3. The highest BCUT2D eigenvalue weighted by Crippen LogP contribution is 2.16. The Kier molecular flexibility index (Phi) is 5.74. The number of rotatable bonds is 6. The molecule has 4 N–H and O–H groups in total. The number of hydrogen-bond donors (Lipinski definition) is 3. The van der Waals surface area contributed by atoms with Gasteiger partial charge in [0.05, 0.1) is 5.69 Å². The first-order chi connectivity index (χ1) is 9.02. The van der Waals surface area contributed by atoms with Crippen molar-refractivity contribution in [3.63, 3.8) is 0 Å². The highest BCUT2D eigenvalue weighted by atomic mass is 16.5. The molecule has 1 heterocycles. The molecule has 0 radical (unpaired) electrons. The first-order valence-electron chi connectivity index (χ1n) is 5.92. The molecule has 3 amide bonds. The number of carbonyl (C=O) groups excluding carboxylic acids is 2. The molecule has 19 heavy (non-hydrogen) atoms. The van der Waals surface area contributed by atoms with Gasteiger partial charge in [-0.25, -0.2) is 4.79 Å². The van der Waals surface area contributed by atoms with E-state index in [2.05, 4.69) is 10.3 Å². The SMILES string of the molecule is CCNCc1nc(C)ccc1OCC(=O)NC(N)=O. The number of amides is 3. The summed E-state index contributed by atoms with van der Waals surface area (Å²) in [7, 11) is 0. The van der Waals surface area contributed by atoms with Crippen molar-refractivity contribution in [3.8, 4) is 5.75 Å². The number of ether oxygens (including phenoxy) is 1. The van der Waals surface area contributed by atoms with E-state index in [9.17, 15) is 9.59 Å². The molecule has 1 aromatic rings. The second-order valence-electron chi connectivity index (χ2n) is 3.88. The van der Waals surface area contributed by atoms with Gasteiger partial charge in [-0.1, -0.05) is 6.92 Å². The normalized spacial score (nSPS) is 10.0. The van der Waals surface area contributed by atoms with Crippen molar-refractivity contribution in [2.24, 2.45) is 5.73 Å². The van der Waals surface area contributed by atoms with Crippen LogP contribution in [0.25, 0.3) is 0 Å². The van der Waals surface area contributed by atoms with E-state index in [4.69, 9.17) is 10.5 Å². The number of nitrogens with one attached hydrogen (secondary N) is 2. The van der Waals surface area contributed by atoms with Gasteiger partial charge < -0.3 is 15.8 Å². The van der Waals surface area contributed by atoms with Crippen LogP contribution in [0.5, 0.6) is 5.75 Å². The van der Waals surface area contributed by atoms with E-state index in [0.717, 1.165) is 12.2 Å². The molecule has 0 aromatic carbocycles. The molecule has 104 valence electrons. The summed E-state index contributed by atoms with van der Waals surface area (Å²) in [5, 5.41) is 5.06. The van der Waals surface area contributed by atoms with Crippen LogP contribution < -0.4 is 21.1 Å². The van der Waals surface area contributed by atoms with Crippen LogP contribution in [-0.2, 0) is 11.3 Å². The number of pyridine rings is 1. The predicted octanol–water partition coefficient (Wildman–Crippen LogP) is 0.0732. The fraction of sp³-hybridized carbons (Fsp3) is 0.417. The summed E-state index contributed by atoms with van der Waals surface area (Å²) in [6, 6.07) is 2.63. The third-order valence-electron chi connectivity index (χ3n) is 2.24. The Hall–Kier alpha value is -2.15. The molecule has 0 spiro atoms. The lowest BCUT2D eigenvalue weighted by molar-refractivity contribution is -0.121. The quantitative estimate of drug-likeness (QED) is 0.675. The molecule has 0 fully saturated rings. The first kappa shape index (κ1) is 14.9. The van der Waals surface area contributed by atoms with Gasteiger partial charge in [0.15, 0.2) is 6.61 Å².